The number of ether oxygens (including phenoxy) is 1. The third kappa shape index (κ3) is 4.18. The van der Waals surface area contributed by atoms with Crippen molar-refractivity contribution < 1.29 is 19.2 Å². The highest BCUT2D eigenvalue weighted by atomic mass is 16.6. The van der Waals surface area contributed by atoms with E-state index in [4.69, 9.17) is 5.73 Å². The molecular formula is C15H19N3O5. The van der Waals surface area contributed by atoms with Crippen molar-refractivity contribution in [2.45, 2.75) is 19.8 Å². The van der Waals surface area contributed by atoms with Gasteiger partial charge in [-0.2, -0.15) is 0 Å². The van der Waals surface area contributed by atoms with E-state index in [2.05, 4.69) is 11.7 Å². The van der Waals surface area contributed by atoms with Gasteiger partial charge in [-0.1, -0.05) is 6.92 Å². The molecule has 23 heavy (non-hydrogen) atoms. The molecule has 1 amide bonds. The summed E-state index contributed by atoms with van der Waals surface area (Å²) in [5.41, 5.74) is 5.27. The Kier molecular flexibility index (Phi) is 5.15. The van der Waals surface area contributed by atoms with Crippen LogP contribution >= 0.6 is 0 Å². The van der Waals surface area contributed by atoms with Crippen LogP contribution in [0.15, 0.2) is 18.2 Å². The predicted molar refractivity (Wildman–Crippen MR) is 83.2 cm³/mol. The third-order valence-corrected chi connectivity index (χ3v) is 3.75. The fraction of sp³-hybridized carbons (Fsp3) is 0.467. The van der Waals surface area contributed by atoms with E-state index < -0.39 is 23.4 Å². The molecule has 1 fully saturated rings. The smallest absolute Gasteiger partial charge is 0.338 e. The number of nitro groups is 1. The first-order chi connectivity index (χ1) is 10.9. The first kappa shape index (κ1) is 16.7. The summed E-state index contributed by atoms with van der Waals surface area (Å²) in [4.78, 5) is 35.2. The number of carbonyl (C=O) groups is 2. The van der Waals surface area contributed by atoms with Crippen molar-refractivity contribution in [1.29, 1.82) is 0 Å². The van der Waals surface area contributed by atoms with Gasteiger partial charge in [0.2, 0.25) is 0 Å². The summed E-state index contributed by atoms with van der Waals surface area (Å²) >= 11 is 0. The number of carbonyl (C=O) groups excluding carboxylic acids is 2. The molecule has 1 heterocycles. The molecule has 2 rings (SSSR count). The average Bonchev–Trinajstić information content (AvgIpc) is 2.51. The van der Waals surface area contributed by atoms with Gasteiger partial charge in [0.05, 0.1) is 10.5 Å². The van der Waals surface area contributed by atoms with Crippen LogP contribution in [0.3, 0.4) is 0 Å². The molecule has 124 valence electrons. The minimum atomic E-state index is -0.814. The average molecular weight is 321 g/mol. The quantitative estimate of drug-likeness (QED) is 0.499. The third-order valence-electron chi connectivity index (χ3n) is 3.75. The number of nitrogens with zero attached hydrogens (tertiary/aromatic N) is 2. The van der Waals surface area contributed by atoms with Gasteiger partial charge in [0.25, 0.3) is 11.6 Å². The summed E-state index contributed by atoms with van der Waals surface area (Å²) in [7, 11) is 0. The van der Waals surface area contributed by atoms with Crippen LogP contribution in [0.1, 0.15) is 30.1 Å². The van der Waals surface area contributed by atoms with E-state index in [9.17, 15) is 19.7 Å². The fourth-order valence-corrected chi connectivity index (χ4v) is 2.69. The molecule has 0 aliphatic carbocycles. The standard InChI is InChI=1S/C15H19N3O5/c1-10-3-2-6-17(8-10)12-5-4-11(7-13(12)18(21)22)15(20)23-9-14(16)19/h4-5,7,10H,2-3,6,8-9H2,1H3,(H2,16,19). The second-order valence-electron chi connectivity index (χ2n) is 5.70. The SMILES string of the molecule is CC1CCCN(c2ccc(C(=O)OCC(N)=O)cc2[N+](=O)[O-])C1. The number of hydrogen-bond acceptors (Lipinski definition) is 6. The molecule has 1 aromatic rings. The molecular weight excluding hydrogens is 302 g/mol. The first-order valence-electron chi connectivity index (χ1n) is 7.37. The van der Waals surface area contributed by atoms with E-state index in [1.165, 1.54) is 12.1 Å². The second-order valence-corrected chi connectivity index (χ2v) is 5.70. The molecule has 1 unspecified atom stereocenters. The van der Waals surface area contributed by atoms with E-state index in [-0.39, 0.29) is 11.3 Å². The Balaban J connectivity index is 2.26. The minimum absolute atomic E-state index is 0.0201. The number of nitrogens with two attached hydrogens (primary N) is 1. The van der Waals surface area contributed by atoms with Crippen molar-refractivity contribution in [3.05, 3.63) is 33.9 Å². The van der Waals surface area contributed by atoms with Crippen molar-refractivity contribution in [2.75, 3.05) is 24.6 Å². The summed E-state index contributed by atoms with van der Waals surface area (Å²) in [6.45, 7) is 3.04. The molecule has 0 aromatic heterocycles. The van der Waals surface area contributed by atoms with Gasteiger partial charge in [-0.15, -0.1) is 0 Å². The Morgan fingerprint density at radius 1 is 1.48 bits per heavy atom. The van der Waals surface area contributed by atoms with E-state index in [1.54, 1.807) is 6.07 Å². The van der Waals surface area contributed by atoms with Gasteiger partial charge in [-0.3, -0.25) is 14.9 Å². The lowest BCUT2D eigenvalue weighted by atomic mass is 9.99. The van der Waals surface area contributed by atoms with Gasteiger partial charge in [-0.05, 0) is 30.9 Å². The number of amides is 1. The number of piperidine rings is 1. The number of esters is 1. The molecule has 0 spiro atoms. The van der Waals surface area contributed by atoms with Crippen molar-refractivity contribution in [2.24, 2.45) is 11.7 Å². The highest BCUT2D eigenvalue weighted by Gasteiger charge is 2.25. The number of benzene rings is 1. The zero-order valence-electron chi connectivity index (χ0n) is 12.9. The van der Waals surface area contributed by atoms with E-state index in [0.29, 0.717) is 11.6 Å². The molecule has 1 aliphatic rings. The Morgan fingerprint density at radius 3 is 2.83 bits per heavy atom. The van der Waals surface area contributed by atoms with Gasteiger partial charge in [0.15, 0.2) is 6.61 Å². The van der Waals surface area contributed by atoms with E-state index in [1.807, 2.05) is 4.90 Å². The zero-order chi connectivity index (χ0) is 17.0. The summed E-state index contributed by atoms with van der Waals surface area (Å²) in [5, 5.41) is 11.3. The van der Waals surface area contributed by atoms with Crippen molar-refractivity contribution in [1.82, 2.24) is 0 Å². The Labute approximate surface area is 133 Å². The van der Waals surface area contributed by atoms with Crippen molar-refractivity contribution in [3.63, 3.8) is 0 Å². The molecule has 0 radical (unpaired) electrons. The summed E-state index contributed by atoms with van der Waals surface area (Å²) in [5.74, 6) is -1.14. The topological polar surface area (TPSA) is 116 Å². The second kappa shape index (κ2) is 7.08. The van der Waals surface area contributed by atoms with Crippen LogP contribution in [0, 0.1) is 16.0 Å². The van der Waals surface area contributed by atoms with E-state index >= 15 is 0 Å². The maximum atomic E-state index is 11.8. The monoisotopic (exact) mass is 321 g/mol. The van der Waals surface area contributed by atoms with Crippen LogP contribution in [0.4, 0.5) is 11.4 Å². The molecule has 1 aliphatic heterocycles. The van der Waals surface area contributed by atoms with Gasteiger partial charge < -0.3 is 15.4 Å². The maximum absolute atomic E-state index is 11.8. The summed E-state index contributed by atoms with van der Waals surface area (Å²) in [6.07, 6.45) is 2.07. The predicted octanol–water partition coefficient (Wildman–Crippen LogP) is 1.47. The largest absolute Gasteiger partial charge is 0.452 e. The lowest BCUT2D eigenvalue weighted by Crippen LogP contribution is -2.34. The van der Waals surface area contributed by atoms with Gasteiger partial charge in [0, 0.05) is 19.2 Å². The summed E-state index contributed by atoms with van der Waals surface area (Å²) in [6, 6.07) is 4.19. The minimum Gasteiger partial charge on any atom is -0.452 e. The first-order valence-corrected chi connectivity index (χ1v) is 7.37. The van der Waals surface area contributed by atoms with Crippen molar-refractivity contribution in [3.8, 4) is 0 Å². The highest BCUT2D eigenvalue weighted by molar-refractivity contribution is 5.92. The van der Waals surface area contributed by atoms with E-state index in [0.717, 1.165) is 25.9 Å². The Bertz CT molecular complexity index is 632. The van der Waals surface area contributed by atoms with Crippen LogP contribution in [0.25, 0.3) is 0 Å². The normalized spacial score (nSPS) is 17.6. The zero-order valence-corrected chi connectivity index (χ0v) is 12.9. The molecule has 1 aromatic carbocycles. The lowest BCUT2D eigenvalue weighted by Gasteiger charge is -2.32. The number of primary amides is 1. The van der Waals surface area contributed by atoms with Crippen molar-refractivity contribution >= 4 is 23.3 Å². The molecule has 2 N–H and O–H groups in total. The number of hydrogen-bond donors (Lipinski definition) is 1. The molecule has 0 bridgehead atoms. The molecule has 0 saturated carbocycles. The van der Waals surface area contributed by atoms with Crippen LogP contribution in [0.2, 0.25) is 0 Å². The number of anilines is 1. The van der Waals surface area contributed by atoms with Crippen LogP contribution < -0.4 is 10.6 Å². The van der Waals surface area contributed by atoms with Gasteiger partial charge in [-0.25, -0.2) is 4.79 Å². The molecule has 8 nitrogen and oxygen atoms in total. The number of rotatable bonds is 5. The fourth-order valence-electron chi connectivity index (χ4n) is 2.69. The van der Waals surface area contributed by atoms with Gasteiger partial charge in [0.1, 0.15) is 5.69 Å². The van der Waals surface area contributed by atoms with Crippen LogP contribution in [0.5, 0.6) is 0 Å². The Morgan fingerprint density at radius 2 is 2.22 bits per heavy atom. The highest BCUT2D eigenvalue weighted by Crippen LogP contribution is 2.32. The van der Waals surface area contributed by atoms with Crippen LogP contribution in [-0.4, -0.2) is 36.5 Å². The number of nitro benzene ring substituents is 1. The molecule has 1 atom stereocenters. The lowest BCUT2D eigenvalue weighted by molar-refractivity contribution is -0.384. The molecule has 1 saturated heterocycles. The van der Waals surface area contributed by atoms with Gasteiger partial charge >= 0.3 is 5.97 Å². The Hall–Kier alpha value is -2.64. The van der Waals surface area contributed by atoms with Crippen LogP contribution in [-0.2, 0) is 9.53 Å². The maximum Gasteiger partial charge on any atom is 0.338 e. The molecule has 8 heteroatoms. The summed E-state index contributed by atoms with van der Waals surface area (Å²) < 4.78 is 4.68.